The van der Waals surface area contributed by atoms with E-state index in [1.807, 2.05) is 6.07 Å². The monoisotopic (exact) mass is 528 g/mol. The molecule has 3 aromatic carbocycles. The first kappa shape index (κ1) is 29.4. The first-order valence-corrected chi connectivity index (χ1v) is 15.6. The Balaban J connectivity index is 1.64. The summed E-state index contributed by atoms with van der Waals surface area (Å²) in [7, 11) is 0. The largest absolute Gasteiger partial charge is 0.493 e. The summed E-state index contributed by atoms with van der Waals surface area (Å²) in [6, 6.07) is 16.9. The number of hydrogen-bond acceptors (Lipinski definition) is 1. The van der Waals surface area contributed by atoms with Crippen molar-refractivity contribution in [1.29, 1.82) is 0 Å². The Hall–Kier alpha value is -2.61. The topological polar surface area (TPSA) is 9.23 Å². The van der Waals surface area contributed by atoms with Crippen molar-refractivity contribution in [2.45, 2.75) is 105 Å². The molecule has 0 atom stereocenters. The molecule has 210 valence electrons. The molecule has 1 aliphatic rings. The lowest BCUT2D eigenvalue weighted by Gasteiger charge is -2.26. The Morgan fingerprint density at radius 2 is 1.38 bits per heavy atom. The molecule has 0 bridgehead atoms. The van der Waals surface area contributed by atoms with E-state index in [-0.39, 0.29) is 5.82 Å². The second-order valence-corrected chi connectivity index (χ2v) is 11.7. The first-order chi connectivity index (χ1) is 18.9. The molecule has 0 aliphatic heterocycles. The van der Waals surface area contributed by atoms with Gasteiger partial charge in [-0.15, -0.1) is 0 Å². The lowest BCUT2D eigenvalue weighted by atomic mass is 9.79. The number of aryl methyl sites for hydroxylation is 1. The molecule has 0 amide bonds. The van der Waals surface area contributed by atoms with Crippen LogP contribution in [0.4, 0.5) is 4.39 Å². The molecule has 3 aromatic rings. The SMILES string of the molecule is CCc1cc(-c2ccc(-c3ccc(C4CCC(C)CC4)cc3)cc2F)c(CC)c(CC)c1OCC(CC)CC. The highest BCUT2D eigenvalue weighted by Crippen LogP contribution is 2.40. The van der Waals surface area contributed by atoms with Crippen molar-refractivity contribution < 1.29 is 9.13 Å². The van der Waals surface area contributed by atoms with Crippen LogP contribution in [0.2, 0.25) is 0 Å². The molecule has 0 aromatic heterocycles. The van der Waals surface area contributed by atoms with E-state index in [4.69, 9.17) is 4.74 Å². The van der Waals surface area contributed by atoms with Crippen molar-refractivity contribution in [2.24, 2.45) is 11.8 Å². The van der Waals surface area contributed by atoms with Crippen LogP contribution in [-0.4, -0.2) is 6.61 Å². The molecule has 1 saturated carbocycles. The maximum absolute atomic E-state index is 15.8. The van der Waals surface area contributed by atoms with E-state index in [2.05, 4.69) is 77.9 Å². The molecule has 0 unspecified atom stereocenters. The molecule has 0 radical (unpaired) electrons. The van der Waals surface area contributed by atoms with Crippen LogP contribution in [0, 0.1) is 17.7 Å². The molecular formula is C37H49FO. The fourth-order valence-electron chi connectivity index (χ4n) is 6.46. The number of hydrogen-bond donors (Lipinski definition) is 0. The van der Waals surface area contributed by atoms with Crippen LogP contribution < -0.4 is 4.74 Å². The maximum atomic E-state index is 15.8. The van der Waals surface area contributed by atoms with Gasteiger partial charge in [-0.05, 0) is 101 Å². The average molecular weight is 529 g/mol. The van der Waals surface area contributed by atoms with Crippen LogP contribution in [0.15, 0.2) is 48.5 Å². The minimum absolute atomic E-state index is 0.151. The minimum atomic E-state index is -0.151. The quantitative estimate of drug-likeness (QED) is 0.240. The van der Waals surface area contributed by atoms with Crippen LogP contribution in [0.5, 0.6) is 5.75 Å². The van der Waals surface area contributed by atoms with Gasteiger partial charge in [0.05, 0.1) is 6.61 Å². The van der Waals surface area contributed by atoms with Crippen molar-refractivity contribution in [3.8, 4) is 28.0 Å². The Labute approximate surface area is 237 Å². The Morgan fingerprint density at radius 1 is 0.744 bits per heavy atom. The van der Waals surface area contributed by atoms with Crippen LogP contribution in [0.25, 0.3) is 22.3 Å². The normalized spacial score (nSPS) is 17.5. The minimum Gasteiger partial charge on any atom is -0.493 e. The van der Waals surface area contributed by atoms with Crippen LogP contribution in [-0.2, 0) is 19.3 Å². The zero-order chi connectivity index (χ0) is 27.9. The van der Waals surface area contributed by atoms with Crippen molar-refractivity contribution in [2.75, 3.05) is 6.61 Å². The van der Waals surface area contributed by atoms with Crippen LogP contribution in [0.3, 0.4) is 0 Å². The molecule has 4 rings (SSSR count). The Kier molecular flexibility index (Phi) is 10.3. The van der Waals surface area contributed by atoms with Gasteiger partial charge in [0.25, 0.3) is 0 Å². The third-order valence-electron chi connectivity index (χ3n) is 9.27. The number of rotatable bonds is 11. The zero-order valence-electron chi connectivity index (χ0n) is 25.2. The second kappa shape index (κ2) is 13.6. The molecule has 0 heterocycles. The van der Waals surface area contributed by atoms with Gasteiger partial charge in [-0.2, -0.15) is 0 Å². The van der Waals surface area contributed by atoms with E-state index < -0.39 is 0 Å². The van der Waals surface area contributed by atoms with Gasteiger partial charge in [-0.25, -0.2) is 4.39 Å². The van der Waals surface area contributed by atoms with E-state index in [1.54, 1.807) is 6.07 Å². The highest BCUT2D eigenvalue weighted by molar-refractivity contribution is 5.76. The summed E-state index contributed by atoms with van der Waals surface area (Å²) in [5.74, 6) is 2.98. The average Bonchev–Trinajstić information content (AvgIpc) is 2.97. The third-order valence-corrected chi connectivity index (χ3v) is 9.27. The molecule has 1 aliphatic carbocycles. The highest BCUT2D eigenvalue weighted by atomic mass is 19.1. The predicted octanol–water partition coefficient (Wildman–Crippen LogP) is 11.0. The van der Waals surface area contributed by atoms with E-state index in [0.717, 1.165) is 67.1 Å². The first-order valence-electron chi connectivity index (χ1n) is 15.6. The van der Waals surface area contributed by atoms with E-state index in [0.29, 0.717) is 17.4 Å². The summed E-state index contributed by atoms with van der Waals surface area (Å²) in [5.41, 5.74) is 8.81. The van der Waals surface area contributed by atoms with Gasteiger partial charge in [0.2, 0.25) is 0 Å². The number of halogens is 1. The van der Waals surface area contributed by atoms with Gasteiger partial charge in [-0.1, -0.05) is 104 Å². The standard InChI is InChI=1S/C37H49FO/c1-7-26(8-2)24-39-37-27(9-3)22-35(32(10-4)33(37)11-5)34-21-20-31(23-36(34)38)30-18-16-29(17-19-30)28-14-12-25(6)13-15-28/h16-23,25-26,28H,7-15,24H2,1-6H3. The molecule has 0 saturated heterocycles. The Bertz CT molecular complexity index is 1210. The fourth-order valence-corrected chi connectivity index (χ4v) is 6.46. The van der Waals surface area contributed by atoms with Crippen molar-refractivity contribution >= 4 is 0 Å². The fraction of sp³-hybridized carbons (Fsp3) is 0.514. The lowest BCUT2D eigenvalue weighted by Crippen LogP contribution is -2.13. The van der Waals surface area contributed by atoms with Crippen molar-refractivity contribution in [3.05, 3.63) is 76.6 Å². The second-order valence-electron chi connectivity index (χ2n) is 11.7. The molecule has 1 nitrogen and oxygen atoms in total. The highest BCUT2D eigenvalue weighted by Gasteiger charge is 2.22. The molecule has 1 fully saturated rings. The van der Waals surface area contributed by atoms with Crippen molar-refractivity contribution in [1.82, 2.24) is 0 Å². The van der Waals surface area contributed by atoms with Crippen LogP contribution in [0.1, 0.15) is 108 Å². The molecule has 0 spiro atoms. The zero-order valence-corrected chi connectivity index (χ0v) is 25.2. The van der Waals surface area contributed by atoms with Gasteiger partial charge >= 0.3 is 0 Å². The van der Waals surface area contributed by atoms with Gasteiger partial charge in [0.15, 0.2) is 0 Å². The summed E-state index contributed by atoms with van der Waals surface area (Å²) < 4.78 is 22.3. The molecule has 39 heavy (non-hydrogen) atoms. The van der Waals surface area contributed by atoms with Gasteiger partial charge in [0, 0.05) is 5.56 Å². The van der Waals surface area contributed by atoms with Crippen molar-refractivity contribution in [3.63, 3.8) is 0 Å². The molecule has 0 N–H and O–H groups in total. The third kappa shape index (κ3) is 6.59. The van der Waals surface area contributed by atoms with E-state index >= 15 is 4.39 Å². The Morgan fingerprint density at radius 3 is 1.95 bits per heavy atom. The predicted molar refractivity (Wildman–Crippen MR) is 165 cm³/mol. The summed E-state index contributed by atoms with van der Waals surface area (Å²) in [6.45, 7) is 14.1. The summed E-state index contributed by atoms with van der Waals surface area (Å²) in [4.78, 5) is 0. The van der Waals surface area contributed by atoms with E-state index in [1.165, 1.54) is 47.9 Å². The summed E-state index contributed by atoms with van der Waals surface area (Å²) in [6.07, 6.45) is 10.1. The molecule has 2 heteroatoms. The summed E-state index contributed by atoms with van der Waals surface area (Å²) in [5, 5.41) is 0. The lowest BCUT2D eigenvalue weighted by molar-refractivity contribution is 0.236. The maximum Gasteiger partial charge on any atom is 0.131 e. The summed E-state index contributed by atoms with van der Waals surface area (Å²) >= 11 is 0. The molecular weight excluding hydrogens is 479 g/mol. The number of ether oxygens (including phenoxy) is 1. The van der Waals surface area contributed by atoms with Gasteiger partial charge in [-0.3, -0.25) is 0 Å². The number of benzene rings is 3. The van der Waals surface area contributed by atoms with Gasteiger partial charge in [0.1, 0.15) is 11.6 Å². The van der Waals surface area contributed by atoms with Crippen LogP contribution >= 0.6 is 0 Å². The van der Waals surface area contributed by atoms with Gasteiger partial charge < -0.3 is 4.74 Å². The van der Waals surface area contributed by atoms with E-state index in [9.17, 15) is 0 Å². The smallest absolute Gasteiger partial charge is 0.131 e.